The van der Waals surface area contributed by atoms with E-state index in [9.17, 15) is 23.2 Å². The number of hydrogen-bond donors (Lipinski definition) is 1. The topological polar surface area (TPSA) is 128 Å². The van der Waals surface area contributed by atoms with Crippen molar-refractivity contribution in [2.75, 3.05) is 52.4 Å². The number of nitrogens with one attached hydrogen (secondary N) is 1. The van der Waals surface area contributed by atoms with Crippen molar-refractivity contribution in [3.63, 3.8) is 0 Å². The number of nitrogens with zero attached hydrogens (tertiary/aromatic N) is 5. The number of pyridine rings is 1. The number of aromatic nitrogens is 1. The molecular formula is C37H42F2N6O5. The van der Waals surface area contributed by atoms with Crippen molar-refractivity contribution < 1.29 is 32.6 Å². The summed E-state index contributed by atoms with van der Waals surface area (Å²) in [5, 5.41) is 12.2. The number of ether oxygens (including phenoxy) is 2. The Hall–Kier alpha value is -5.09. The lowest BCUT2D eigenvalue weighted by molar-refractivity contribution is -0.131. The highest BCUT2D eigenvalue weighted by Crippen LogP contribution is 2.31. The molecule has 3 amide bonds. The third kappa shape index (κ3) is 9.75. The summed E-state index contributed by atoms with van der Waals surface area (Å²) in [6.45, 7) is 8.62. The molecule has 0 saturated carbocycles. The van der Waals surface area contributed by atoms with Gasteiger partial charge in [-0.1, -0.05) is 30.4 Å². The number of benzene rings is 2. The smallest absolute Gasteiger partial charge is 0.410 e. The van der Waals surface area contributed by atoms with E-state index in [0.717, 1.165) is 47.8 Å². The number of piperazine rings is 1. The summed E-state index contributed by atoms with van der Waals surface area (Å²) in [7, 11) is 0. The van der Waals surface area contributed by atoms with Gasteiger partial charge in [0.15, 0.2) is 0 Å². The maximum absolute atomic E-state index is 13.8. The minimum absolute atomic E-state index is 0.260. The van der Waals surface area contributed by atoms with Crippen molar-refractivity contribution in [3.05, 3.63) is 71.4 Å². The van der Waals surface area contributed by atoms with Crippen molar-refractivity contribution in [3.8, 4) is 11.8 Å². The molecule has 0 radical (unpaired) electrons. The van der Waals surface area contributed by atoms with E-state index in [2.05, 4.69) is 15.2 Å². The zero-order chi connectivity index (χ0) is 35.9. The fraction of sp³-hybridized carbons (Fsp3) is 0.432. The van der Waals surface area contributed by atoms with E-state index < -0.39 is 48.9 Å². The van der Waals surface area contributed by atoms with Crippen molar-refractivity contribution in [1.29, 1.82) is 5.26 Å². The molecule has 3 heterocycles. The number of rotatable bonds is 10. The van der Waals surface area contributed by atoms with Gasteiger partial charge in [0.2, 0.25) is 5.91 Å². The second-order valence-corrected chi connectivity index (χ2v) is 13.5. The molecule has 0 bridgehead atoms. The number of halogens is 2. The van der Waals surface area contributed by atoms with Gasteiger partial charge in [0.1, 0.15) is 17.4 Å². The minimum Gasteiger partial charge on any atom is -0.494 e. The number of hydrogen-bond acceptors (Lipinski definition) is 8. The number of carbonyl (C=O) groups is 3. The van der Waals surface area contributed by atoms with Gasteiger partial charge in [-0.15, -0.1) is 0 Å². The Morgan fingerprint density at radius 1 is 1.04 bits per heavy atom. The Morgan fingerprint density at radius 3 is 2.44 bits per heavy atom. The zero-order valence-electron chi connectivity index (χ0n) is 28.5. The molecule has 0 spiro atoms. The predicted octanol–water partition coefficient (Wildman–Crippen LogP) is 5.22. The normalized spacial score (nSPS) is 17.9. The third-order valence-electron chi connectivity index (χ3n) is 8.41. The summed E-state index contributed by atoms with van der Waals surface area (Å²) in [5.74, 6) is -3.66. The molecule has 2 aromatic carbocycles. The van der Waals surface area contributed by atoms with Gasteiger partial charge in [-0.2, -0.15) is 5.26 Å². The maximum Gasteiger partial charge on any atom is 0.410 e. The number of nitriles is 1. The first-order chi connectivity index (χ1) is 23.8. The molecule has 264 valence electrons. The predicted molar refractivity (Wildman–Crippen MR) is 184 cm³/mol. The Kier molecular flexibility index (Phi) is 11.3. The van der Waals surface area contributed by atoms with Crippen LogP contribution in [0.25, 0.3) is 23.1 Å². The van der Waals surface area contributed by atoms with Crippen LogP contribution in [0.15, 0.2) is 54.7 Å². The first-order valence-electron chi connectivity index (χ1n) is 16.7. The Balaban J connectivity index is 1.09. The molecule has 2 aliphatic heterocycles. The number of amides is 3. The van der Waals surface area contributed by atoms with Crippen LogP contribution in [-0.4, -0.2) is 108 Å². The summed E-state index contributed by atoms with van der Waals surface area (Å²) in [4.78, 5) is 47.1. The van der Waals surface area contributed by atoms with Crippen molar-refractivity contribution in [1.82, 2.24) is 25.0 Å². The Labute approximate surface area is 290 Å². The molecule has 11 nitrogen and oxygen atoms in total. The molecule has 1 N–H and O–H groups in total. The van der Waals surface area contributed by atoms with Crippen LogP contribution in [0.5, 0.6) is 5.75 Å². The van der Waals surface area contributed by atoms with E-state index in [1.807, 2.05) is 69.3 Å². The van der Waals surface area contributed by atoms with Gasteiger partial charge in [-0.25, -0.2) is 13.6 Å². The highest BCUT2D eigenvalue weighted by Gasteiger charge is 2.47. The summed E-state index contributed by atoms with van der Waals surface area (Å²) in [6, 6.07) is 15.2. The maximum atomic E-state index is 13.8. The molecule has 0 unspecified atom stereocenters. The lowest BCUT2D eigenvalue weighted by atomic mass is 10.0. The molecule has 50 heavy (non-hydrogen) atoms. The molecule has 5 rings (SSSR count). The van der Waals surface area contributed by atoms with Gasteiger partial charge < -0.3 is 24.6 Å². The van der Waals surface area contributed by atoms with E-state index >= 15 is 0 Å². The van der Waals surface area contributed by atoms with Gasteiger partial charge in [0.05, 0.1) is 36.8 Å². The standard InChI is InChI=1S/C37H42F2N6O5/c1-36(2,3)50-35(48)44-18-16-43(17-19-44)15-4-20-49-29-10-7-26(8-11-29)5-6-27-9-12-32-31(21-27)30(13-14-41-32)34(47)42-24-33(46)45-25-37(38,39)22-28(45)23-40/h5-14,21,28H,4,15-20,22,24-25H2,1-3H3,(H,42,47)/b6-5+/t28-/m0/s1. The first kappa shape index (κ1) is 36.2. The molecule has 2 saturated heterocycles. The van der Waals surface area contributed by atoms with Crippen LogP contribution in [0.4, 0.5) is 13.6 Å². The van der Waals surface area contributed by atoms with E-state index in [0.29, 0.717) is 30.6 Å². The van der Waals surface area contributed by atoms with Crippen LogP contribution in [0.3, 0.4) is 0 Å². The van der Waals surface area contributed by atoms with Crippen LogP contribution in [-0.2, 0) is 9.53 Å². The minimum atomic E-state index is -3.13. The SMILES string of the molecule is CC(C)(C)OC(=O)N1CCN(CCCOc2ccc(/C=C/c3ccc4nccc(C(=O)NCC(=O)N5CC(F)(F)C[C@H]5C#N)c4c3)cc2)CC1. The number of likely N-dealkylation sites (tertiary alicyclic amines) is 1. The molecule has 0 aliphatic carbocycles. The second-order valence-electron chi connectivity index (χ2n) is 13.5. The first-order valence-corrected chi connectivity index (χ1v) is 16.7. The lowest BCUT2D eigenvalue weighted by Gasteiger charge is -2.35. The van der Waals surface area contributed by atoms with E-state index in [4.69, 9.17) is 14.7 Å². The van der Waals surface area contributed by atoms with Crippen LogP contribution >= 0.6 is 0 Å². The average molecular weight is 689 g/mol. The third-order valence-corrected chi connectivity index (χ3v) is 8.41. The molecule has 13 heteroatoms. The summed E-state index contributed by atoms with van der Waals surface area (Å²) in [6.07, 6.45) is 5.22. The van der Waals surface area contributed by atoms with Gasteiger partial charge in [-0.3, -0.25) is 19.5 Å². The van der Waals surface area contributed by atoms with E-state index in [1.165, 1.54) is 12.3 Å². The quantitative estimate of drug-likeness (QED) is 0.227. The molecule has 3 aromatic rings. The van der Waals surface area contributed by atoms with E-state index in [-0.39, 0.29) is 11.7 Å². The van der Waals surface area contributed by atoms with Gasteiger partial charge >= 0.3 is 6.09 Å². The molecule has 1 aromatic heterocycles. The molecule has 2 aliphatic rings. The highest BCUT2D eigenvalue weighted by atomic mass is 19.3. The zero-order valence-corrected chi connectivity index (χ0v) is 28.5. The molecular weight excluding hydrogens is 646 g/mol. The van der Waals surface area contributed by atoms with Crippen molar-refractivity contribution >= 4 is 41.0 Å². The van der Waals surface area contributed by atoms with Crippen molar-refractivity contribution in [2.45, 2.75) is 51.2 Å². The largest absolute Gasteiger partial charge is 0.494 e. The van der Waals surface area contributed by atoms with Crippen LogP contribution < -0.4 is 10.1 Å². The van der Waals surface area contributed by atoms with Crippen LogP contribution in [0.1, 0.15) is 55.1 Å². The highest BCUT2D eigenvalue weighted by molar-refractivity contribution is 6.07. The Morgan fingerprint density at radius 2 is 1.74 bits per heavy atom. The molecule has 1 atom stereocenters. The lowest BCUT2D eigenvalue weighted by Crippen LogP contribution is -2.50. The van der Waals surface area contributed by atoms with Gasteiger partial charge in [0, 0.05) is 50.7 Å². The monoisotopic (exact) mass is 688 g/mol. The van der Waals surface area contributed by atoms with Crippen molar-refractivity contribution in [2.24, 2.45) is 0 Å². The average Bonchev–Trinajstić information content (AvgIpc) is 3.42. The number of fused-ring (bicyclic) bond motifs is 1. The number of carbonyl (C=O) groups excluding carboxylic acids is 3. The molecule has 2 fully saturated rings. The van der Waals surface area contributed by atoms with Crippen LogP contribution in [0, 0.1) is 11.3 Å². The summed E-state index contributed by atoms with van der Waals surface area (Å²) in [5.41, 5.74) is 2.13. The van der Waals surface area contributed by atoms with Gasteiger partial charge in [0.25, 0.3) is 11.8 Å². The Bertz CT molecular complexity index is 1760. The van der Waals surface area contributed by atoms with E-state index in [1.54, 1.807) is 17.0 Å². The summed E-state index contributed by atoms with van der Waals surface area (Å²) < 4.78 is 38.9. The number of alkyl halides is 2. The van der Waals surface area contributed by atoms with Crippen LogP contribution in [0.2, 0.25) is 0 Å². The summed E-state index contributed by atoms with van der Waals surface area (Å²) >= 11 is 0. The second kappa shape index (κ2) is 15.6. The fourth-order valence-electron chi connectivity index (χ4n) is 5.84. The van der Waals surface area contributed by atoms with Gasteiger partial charge in [-0.05, 0) is 68.7 Å². The fourth-order valence-corrected chi connectivity index (χ4v) is 5.84.